The van der Waals surface area contributed by atoms with E-state index in [9.17, 15) is 9.59 Å². The van der Waals surface area contributed by atoms with Gasteiger partial charge in [-0.1, -0.05) is 32.8 Å². The number of hydrogen-bond donors (Lipinski definition) is 3. The fraction of sp³-hybridized carbons (Fsp3) is 0.467. The van der Waals surface area contributed by atoms with E-state index in [4.69, 9.17) is 0 Å². The van der Waals surface area contributed by atoms with Gasteiger partial charge < -0.3 is 15.3 Å². The van der Waals surface area contributed by atoms with E-state index in [1.807, 2.05) is 25.2 Å². The van der Waals surface area contributed by atoms with Crippen LogP contribution < -0.4 is 16.4 Å². The topological polar surface area (TPSA) is 77.8 Å². The van der Waals surface area contributed by atoms with Crippen LogP contribution in [0, 0.1) is 5.92 Å². The maximum absolute atomic E-state index is 11.4. The maximum atomic E-state index is 11.4. The summed E-state index contributed by atoms with van der Waals surface area (Å²) in [5.74, 6) is 0.534. The van der Waals surface area contributed by atoms with Gasteiger partial charge in [-0.3, -0.25) is 9.59 Å². The molecule has 0 saturated heterocycles. The fourth-order valence-corrected chi connectivity index (χ4v) is 2.76. The van der Waals surface area contributed by atoms with Crippen molar-refractivity contribution < 1.29 is 0 Å². The van der Waals surface area contributed by atoms with E-state index < -0.39 is 11.1 Å². The van der Waals surface area contributed by atoms with Crippen molar-refractivity contribution in [3.8, 4) is 0 Å². The second-order valence-electron chi connectivity index (χ2n) is 5.06. The van der Waals surface area contributed by atoms with Crippen LogP contribution in [0.2, 0.25) is 0 Å². The number of nitrogens with one attached hydrogen (secondary N) is 3. The Morgan fingerprint density at radius 2 is 1.65 bits per heavy atom. The van der Waals surface area contributed by atoms with Gasteiger partial charge in [-0.15, -0.1) is 0 Å². The van der Waals surface area contributed by atoms with Crippen LogP contribution in [0.3, 0.4) is 0 Å². The first-order valence-electron chi connectivity index (χ1n) is 7.04. The van der Waals surface area contributed by atoms with Gasteiger partial charge in [0.25, 0.3) is 0 Å². The minimum Gasteiger partial charge on any atom is -0.316 e. The van der Waals surface area contributed by atoms with Crippen molar-refractivity contribution >= 4 is 11.0 Å². The third-order valence-electron chi connectivity index (χ3n) is 3.94. The van der Waals surface area contributed by atoms with E-state index in [-0.39, 0.29) is 6.04 Å². The predicted molar refractivity (Wildman–Crippen MR) is 81.1 cm³/mol. The van der Waals surface area contributed by atoms with Crippen LogP contribution in [0.5, 0.6) is 0 Å². The Balaban J connectivity index is 2.52. The van der Waals surface area contributed by atoms with E-state index >= 15 is 0 Å². The van der Waals surface area contributed by atoms with Gasteiger partial charge in [0.15, 0.2) is 0 Å². The molecule has 2 rings (SSSR count). The summed E-state index contributed by atoms with van der Waals surface area (Å²) in [7, 11) is 1.95. The SMILES string of the molecule is CCC(CC)C(NC)c1ccc2[nH]c(=O)c(=O)[nH]c2c1. The molecule has 0 aliphatic heterocycles. The molecule has 5 heteroatoms. The zero-order valence-electron chi connectivity index (χ0n) is 12.1. The van der Waals surface area contributed by atoms with Crippen LogP contribution in [0.4, 0.5) is 0 Å². The molecule has 0 aliphatic rings. The molecule has 0 radical (unpaired) electrons. The van der Waals surface area contributed by atoms with Crippen LogP contribution in [-0.2, 0) is 0 Å². The van der Waals surface area contributed by atoms with Gasteiger partial charge in [0, 0.05) is 6.04 Å². The number of rotatable bonds is 5. The molecule has 0 aliphatic carbocycles. The highest BCUT2D eigenvalue weighted by Crippen LogP contribution is 2.28. The van der Waals surface area contributed by atoms with E-state index in [1.54, 1.807) is 0 Å². The molecule has 1 heterocycles. The van der Waals surface area contributed by atoms with Crippen molar-refractivity contribution in [1.29, 1.82) is 0 Å². The van der Waals surface area contributed by atoms with Crippen molar-refractivity contribution in [2.45, 2.75) is 32.7 Å². The highest BCUT2D eigenvalue weighted by Gasteiger charge is 2.19. The molecule has 1 atom stereocenters. The summed E-state index contributed by atoms with van der Waals surface area (Å²) in [5.41, 5.74) is 1.21. The Morgan fingerprint density at radius 3 is 2.20 bits per heavy atom. The van der Waals surface area contributed by atoms with Gasteiger partial charge in [0.2, 0.25) is 0 Å². The zero-order valence-corrected chi connectivity index (χ0v) is 12.1. The Morgan fingerprint density at radius 1 is 1.05 bits per heavy atom. The van der Waals surface area contributed by atoms with E-state index in [0.717, 1.165) is 18.4 Å². The lowest BCUT2D eigenvalue weighted by Gasteiger charge is -2.25. The molecule has 0 fully saturated rings. The molecule has 2 aromatic rings. The van der Waals surface area contributed by atoms with E-state index in [2.05, 4.69) is 29.1 Å². The molecule has 0 saturated carbocycles. The second-order valence-corrected chi connectivity index (χ2v) is 5.06. The van der Waals surface area contributed by atoms with Crippen LogP contribution in [0.25, 0.3) is 11.0 Å². The number of fused-ring (bicyclic) bond motifs is 1. The lowest BCUT2D eigenvalue weighted by Crippen LogP contribution is -2.29. The number of aromatic amines is 2. The molecule has 1 aromatic heterocycles. The summed E-state index contributed by atoms with van der Waals surface area (Å²) < 4.78 is 0. The zero-order chi connectivity index (χ0) is 14.7. The fourth-order valence-electron chi connectivity index (χ4n) is 2.76. The number of hydrogen-bond acceptors (Lipinski definition) is 3. The molecule has 5 nitrogen and oxygen atoms in total. The monoisotopic (exact) mass is 275 g/mol. The first-order valence-corrected chi connectivity index (χ1v) is 7.04. The molecule has 3 N–H and O–H groups in total. The van der Waals surface area contributed by atoms with Crippen LogP contribution in [0.15, 0.2) is 27.8 Å². The van der Waals surface area contributed by atoms with Gasteiger partial charge in [-0.25, -0.2) is 0 Å². The van der Waals surface area contributed by atoms with E-state index in [0.29, 0.717) is 17.0 Å². The minimum absolute atomic E-state index is 0.241. The van der Waals surface area contributed by atoms with Crippen LogP contribution in [0.1, 0.15) is 38.3 Å². The van der Waals surface area contributed by atoms with Gasteiger partial charge in [0.05, 0.1) is 11.0 Å². The number of H-pyrrole nitrogens is 2. The van der Waals surface area contributed by atoms with E-state index in [1.165, 1.54) is 0 Å². The van der Waals surface area contributed by atoms with Gasteiger partial charge in [-0.2, -0.15) is 0 Å². The lowest BCUT2D eigenvalue weighted by atomic mass is 9.89. The largest absolute Gasteiger partial charge is 0.316 e. The highest BCUT2D eigenvalue weighted by molar-refractivity contribution is 5.74. The molecule has 1 unspecified atom stereocenters. The summed E-state index contributed by atoms with van der Waals surface area (Å²) in [6.45, 7) is 4.36. The van der Waals surface area contributed by atoms with Crippen molar-refractivity contribution in [3.63, 3.8) is 0 Å². The molecule has 0 spiro atoms. The summed E-state index contributed by atoms with van der Waals surface area (Å²) in [6, 6.07) is 6.02. The van der Waals surface area contributed by atoms with Crippen molar-refractivity contribution in [2.24, 2.45) is 5.92 Å². The van der Waals surface area contributed by atoms with Gasteiger partial charge in [-0.05, 0) is 30.7 Å². The molecular weight excluding hydrogens is 254 g/mol. The summed E-state index contributed by atoms with van der Waals surface area (Å²) in [6.07, 6.45) is 2.17. The molecular formula is C15H21N3O2. The molecule has 0 amide bonds. The molecule has 20 heavy (non-hydrogen) atoms. The normalized spacial score (nSPS) is 13.0. The Bertz CT molecular complexity index is 698. The van der Waals surface area contributed by atoms with Gasteiger partial charge >= 0.3 is 11.1 Å². The smallest absolute Gasteiger partial charge is 0.314 e. The first kappa shape index (κ1) is 14.5. The average Bonchev–Trinajstić information content (AvgIpc) is 2.45. The van der Waals surface area contributed by atoms with Crippen LogP contribution >= 0.6 is 0 Å². The Labute approximate surface area is 117 Å². The number of benzene rings is 1. The Hall–Kier alpha value is -1.88. The third-order valence-corrected chi connectivity index (χ3v) is 3.94. The second kappa shape index (κ2) is 6.05. The third kappa shape index (κ3) is 2.67. The highest BCUT2D eigenvalue weighted by atomic mass is 16.2. The van der Waals surface area contributed by atoms with Gasteiger partial charge in [0.1, 0.15) is 0 Å². The summed E-state index contributed by atoms with van der Waals surface area (Å²) in [5, 5.41) is 3.35. The standard InChI is InChI=1S/C15H21N3O2/c1-4-9(5-2)13(16-3)10-6-7-11-12(8-10)18-15(20)14(19)17-11/h6-9,13,16H,4-5H2,1-3H3,(H,17,19)(H,18,20). The molecule has 108 valence electrons. The predicted octanol–water partition coefficient (Wildman–Crippen LogP) is 1.91. The lowest BCUT2D eigenvalue weighted by molar-refractivity contribution is 0.360. The molecule has 0 bridgehead atoms. The Kier molecular flexibility index (Phi) is 4.39. The molecule has 1 aromatic carbocycles. The average molecular weight is 275 g/mol. The maximum Gasteiger partial charge on any atom is 0.314 e. The van der Waals surface area contributed by atoms with Crippen molar-refractivity contribution in [1.82, 2.24) is 15.3 Å². The van der Waals surface area contributed by atoms with Crippen LogP contribution in [-0.4, -0.2) is 17.0 Å². The quantitative estimate of drug-likeness (QED) is 0.729. The van der Waals surface area contributed by atoms with Crippen molar-refractivity contribution in [3.05, 3.63) is 44.5 Å². The first-order chi connectivity index (χ1) is 9.60. The number of aromatic nitrogens is 2. The van der Waals surface area contributed by atoms with Crippen molar-refractivity contribution in [2.75, 3.05) is 7.05 Å². The summed E-state index contributed by atoms with van der Waals surface area (Å²) in [4.78, 5) is 27.9. The minimum atomic E-state index is -0.615. The summed E-state index contributed by atoms with van der Waals surface area (Å²) >= 11 is 0.